The Kier molecular flexibility index (Phi) is 4.52. The van der Waals surface area contributed by atoms with Gasteiger partial charge in [0.15, 0.2) is 5.78 Å². The number of carbonyl (C=O) groups excluding carboxylic acids is 2. The summed E-state index contributed by atoms with van der Waals surface area (Å²) in [7, 11) is 0. The molecule has 0 aromatic carbocycles. The molecule has 0 amide bonds. The Labute approximate surface area is 92.0 Å². The van der Waals surface area contributed by atoms with E-state index < -0.39 is 29.3 Å². The molecular formula is C10H15F3O3. The third-order valence-corrected chi connectivity index (χ3v) is 1.85. The van der Waals surface area contributed by atoms with E-state index in [2.05, 4.69) is 4.74 Å². The summed E-state index contributed by atoms with van der Waals surface area (Å²) < 4.78 is 41.9. The lowest BCUT2D eigenvalue weighted by molar-refractivity contribution is -0.200. The molecule has 6 heteroatoms. The van der Waals surface area contributed by atoms with Gasteiger partial charge in [0.25, 0.3) is 0 Å². The average molecular weight is 240 g/mol. The maximum absolute atomic E-state index is 12.6. The van der Waals surface area contributed by atoms with Gasteiger partial charge in [0.05, 0.1) is 6.61 Å². The summed E-state index contributed by atoms with van der Waals surface area (Å²) in [5.74, 6) is -5.40. The molecule has 94 valence electrons. The van der Waals surface area contributed by atoms with Crippen LogP contribution in [-0.4, -0.2) is 24.5 Å². The molecule has 0 aliphatic heterocycles. The second-order valence-electron chi connectivity index (χ2n) is 4.34. The molecule has 0 fully saturated rings. The largest absolute Gasteiger partial charge is 0.465 e. The highest BCUT2D eigenvalue weighted by Crippen LogP contribution is 2.33. The van der Waals surface area contributed by atoms with Crippen LogP contribution in [0.2, 0.25) is 0 Å². The first-order valence-electron chi connectivity index (χ1n) is 4.79. The maximum Gasteiger partial charge on any atom is 0.409 e. The fourth-order valence-electron chi connectivity index (χ4n) is 1.05. The van der Waals surface area contributed by atoms with E-state index in [1.165, 1.54) is 27.7 Å². The van der Waals surface area contributed by atoms with Gasteiger partial charge in [-0.05, 0) is 6.92 Å². The lowest BCUT2D eigenvalue weighted by atomic mass is 9.82. The lowest BCUT2D eigenvalue weighted by Crippen LogP contribution is -2.43. The van der Waals surface area contributed by atoms with Gasteiger partial charge in [-0.25, -0.2) is 0 Å². The van der Waals surface area contributed by atoms with Crippen LogP contribution in [0.4, 0.5) is 13.2 Å². The van der Waals surface area contributed by atoms with Gasteiger partial charge in [0.1, 0.15) is 0 Å². The minimum Gasteiger partial charge on any atom is -0.465 e. The maximum atomic E-state index is 12.6. The molecule has 0 N–H and O–H groups in total. The van der Waals surface area contributed by atoms with E-state index in [0.717, 1.165) is 0 Å². The SMILES string of the molecule is CCOC(=O)C(C(=O)C(C)(C)C)C(F)(F)F. The van der Waals surface area contributed by atoms with Crippen molar-refractivity contribution in [1.29, 1.82) is 0 Å². The van der Waals surface area contributed by atoms with E-state index in [-0.39, 0.29) is 6.61 Å². The number of hydrogen-bond acceptors (Lipinski definition) is 3. The van der Waals surface area contributed by atoms with E-state index in [4.69, 9.17) is 0 Å². The molecule has 0 aromatic rings. The molecule has 3 nitrogen and oxygen atoms in total. The minimum absolute atomic E-state index is 0.192. The quantitative estimate of drug-likeness (QED) is 0.561. The van der Waals surface area contributed by atoms with Crippen molar-refractivity contribution < 1.29 is 27.5 Å². The predicted molar refractivity (Wildman–Crippen MR) is 50.6 cm³/mol. The van der Waals surface area contributed by atoms with Gasteiger partial charge < -0.3 is 4.74 Å². The second-order valence-corrected chi connectivity index (χ2v) is 4.34. The molecule has 0 aliphatic rings. The molecule has 0 spiro atoms. The van der Waals surface area contributed by atoms with Crippen LogP contribution in [0.5, 0.6) is 0 Å². The topological polar surface area (TPSA) is 43.4 Å². The molecule has 16 heavy (non-hydrogen) atoms. The summed E-state index contributed by atoms with van der Waals surface area (Å²) in [5, 5.41) is 0. The number of ketones is 1. The molecule has 0 aromatic heterocycles. The Balaban J connectivity index is 5.13. The molecule has 0 rings (SSSR count). The summed E-state index contributed by atoms with van der Waals surface area (Å²) in [6.07, 6.45) is -4.91. The highest BCUT2D eigenvalue weighted by atomic mass is 19.4. The monoisotopic (exact) mass is 240 g/mol. The molecule has 0 bridgehead atoms. The van der Waals surface area contributed by atoms with Gasteiger partial charge in [-0.2, -0.15) is 13.2 Å². The number of rotatable bonds is 3. The Bertz CT molecular complexity index is 276. The minimum atomic E-state index is -4.91. The van der Waals surface area contributed by atoms with Gasteiger partial charge in [-0.3, -0.25) is 9.59 Å². The van der Waals surface area contributed by atoms with Crippen molar-refractivity contribution in [2.45, 2.75) is 33.9 Å². The molecule has 1 atom stereocenters. The Morgan fingerprint density at radius 2 is 1.62 bits per heavy atom. The third kappa shape index (κ3) is 3.83. The van der Waals surface area contributed by atoms with Crippen LogP contribution in [-0.2, 0) is 14.3 Å². The van der Waals surface area contributed by atoms with Crippen LogP contribution in [0.25, 0.3) is 0 Å². The highest BCUT2D eigenvalue weighted by Gasteiger charge is 2.53. The molecule has 0 heterocycles. The van der Waals surface area contributed by atoms with Gasteiger partial charge in [0.2, 0.25) is 5.92 Å². The van der Waals surface area contributed by atoms with Crippen molar-refractivity contribution >= 4 is 11.8 Å². The van der Waals surface area contributed by atoms with Gasteiger partial charge in [-0.15, -0.1) is 0 Å². The van der Waals surface area contributed by atoms with Gasteiger partial charge in [-0.1, -0.05) is 20.8 Å². The van der Waals surface area contributed by atoms with E-state index in [1.807, 2.05) is 0 Å². The summed E-state index contributed by atoms with van der Waals surface area (Å²) in [4.78, 5) is 22.6. The fraction of sp³-hybridized carbons (Fsp3) is 0.800. The zero-order valence-electron chi connectivity index (χ0n) is 9.64. The smallest absolute Gasteiger partial charge is 0.409 e. The van der Waals surface area contributed by atoms with Crippen LogP contribution < -0.4 is 0 Å². The van der Waals surface area contributed by atoms with Crippen LogP contribution >= 0.6 is 0 Å². The number of Topliss-reactive ketones (excluding diaryl/α,β-unsaturated/α-hetero) is 1. The molecule has 0 saturated carbocycles. The van der Waals surface area contributed by atoms with Gasteiger partial charge in [0, 0.05) is 5.41 Å². The predicted octanol–water partition coefficient (Wildman–Crippen LogP) is 2.34. The highest BCUT2D eigenvalue weighted by molar-refractivity contribution is 6.02. The van der Waals surface area contributed by atoms with Crippen LogP contribution in [0.15, 0.2) is 0 Å². The van der Waals surface area contributed by atoms with Crippen molar-refractivity contribution in [3.05, 3.63) is 0 Å². The van der Waals surface area contributed by atoms with Crippen molar-refractivity contribution in [2.75, 3.05) is 6.61 Å². The summed E-state index contributed by atoms with van der Waals surface area (Å²) in [5.41, 5.74) is -1.24. The molecule has 1 unspecified atom stereocenters. The third-order valence-electron chi connectivity index (χ3n) is 1.85. The summed E-state index contributed by atoms with van der Waals surface area (Å²) in [6, 6.07) is 0. The fourth-order valence-corrected chi connectivity index (χ4v) is 1.05. The number of ether oxygens (including phenoxy) is 1. The number of esters is 1. The van der Waals surface area contributed by atoms with E-state index >= 15 is 0 Å². The van der Waals surface area contributed by atoms with E-state index in [1.54, 1.807) is 0 Å². The standard InChI is InChI=1S/C10H15F3O3/c1-5-16-8(15)6(10(11,12)13)7(14)9(2,3)4/h6H,5H2,1-4H3. The Morgan fingerprint density at radius 3 is 1.88 bits per heavy atom. The number of halogens is 3. The lowest BCUT2D eigenvalue weighted by Gasteiger charge is -2.24. The van der Waals surface area contributed by atoms with Crippen molar-refractivity contribution in [3.63, 3.8) is 0 Å². The first-order valence-corrected chi connectivity index (χ1v) is 4.79. The van der Waals surface area contributed by atoms with Crippen molar-refractivity contribution in [1.82, 2.24) is 0 Å². The van der Waals surface area contributed by atoms with E-state index in [9.17, 15) is 22.8 Å². The Morgan fingerprint density at radius 1 is 1.19 bits per heavy atom. The number of carbonyl (C=O) groups is 2. The van der Waals surface area contributed by atoms with Crippen LogP contribution in [0.1, 0.15) is 27.7 Å². The van der Waals surface area contributed by atoms with Crippen LogP contribution in [0, 0.1) is 11.3 Å². The van der Waals surface area contributed by atoms with Crippen molar-refractivity contribution in [2.24, 2.45) is 11.3 Å². The Hall–Kier alpha value is -1.07. The summed E-state index contributed by atoms with van der Waals surface area (Å²) in [6.45, 7) is 5.17. The molecule has 0 radical (unpaired) electrons. The van der Waals surface area contributed by atoms with E-state index in [0.29, 0.717) is 0 Å². The summed E-state index contributed by atoms with van der Waals surface area (Å²) >= 11 is 0. The molecule has 0 aliphatic carbocycles. The van der Waals surface area contributed by atoms with Crippen molar-refractivity contribution in [3.8, 4) is 0 Å². The normalized spacial score (nSPS) is 14.4. The first kappa shape index (κ1) is 14.9. The number of hydrogen-bond donors (Lipinski definition) is 0. The zero-order chi connectivity index (χ0) is 13.1. The second kappa shape index (κ2) is 4.84. The molecular weight excluding hydrogens is 225 g/mol. The average Bonchev–Trinajstić information content (AvgIpc) is 1.99. The molecule has 0 saturated heterocycles. The van der Waals surface area contributed by atoms with Gasteiger partial charge >= 0.3 is 12.1 Å². The number of alkyl halides is 3. The zero-order valence-corrected chi connectivity index (χ0v) is 9.64. The first-order chi connectivity index (χ1) is 7.01. The van der Waals surface area contributed by atoms with Crippen LogP contribution in [0.3, 0.4) is 0 Å².